The lowest BCUT2D eigenvalue weighted by Gasteiger charge is -2.33. The van der Waals surface area contributed by atoms with Crippen molar-refractivity contribution >= 4 is 22.8 Å². The number of hydrogen-bond acceptors (Lipinski definition) is 4. The summed E-state index contributed by atoms with van der Waals surface area (Å²) in [6.45, 7) is 14.1. The van der Waals surface area contributed by atoms with Gasteiger partial charge < -0.3 is 14.6 Å². The molecule has 2 heterocycles. The predicted octanol–water partition coefficient (Wildman–Crippen LogP) is 6.32. The molecule has 2 amide bonds. The topological polar surface area (TPSA) is 89.4 Å². The molecule has 230 valence electrons. The molecule has 2 saturated carbocycles. The minimum atomic E-state index is -1.46. The quantitative estimate of drug-likeness (QED) is 0.374. The van der Waals surface area contributed by atoms with Crippen LogP contribution >= 0.6 is 0 Å². The highest BCUT2D eigenvalue weighted by Crippen LogP contribution is 2.58. The summed E-state index contributed by atoms with van der Waals surface area (Å²) in [5.41, 5.74) is 5.64. The largest absolute Gasteiger partial charge is 0.493 e. The van der Waals surface area contributed by atoms with Crippen LogP contribution in [0.2, 0.25) is 0 Å². The zero-order valence-corrected chi connectivity index (χ0v) is 27.4. The maximum atomic E-state index is 13.7. The number of aromatic nitrogens is 1. The standard InChI is InChI=1S/C34H49N3O4S/c1-22-25(30(38)35-21-33(5,6)31(39)36-42(7)40)19-28(37(22)20-23-11-9-8-10-12-23)24-17-26(32(2,3)4)29-27(18-24)34(13-14-34)15-16-41-29/h17-19,23H,8-16,20-21H2,1-7H3,(H,35,38)(H,36,39). The molecule has 8 heteroatoms. The van der Waals surface area contributed by atoms with Crippen LogP contribution in [0.3, 0.4) is 0 Å². The third-order valence-electron chi connectivity index (χ3n) is 9.76. The number of nitrogens with one attached hydrogen (secondary N) is 2. The van der Waals surface area contributed by atoms with Crippen molar-refractivity contribution in [3.63, 3.8) is 0 Å². The summed E-state index contributed by atoms with van der Waals surface area (Å²) in [5, 5.41) is 3.01. The summed E-state index contributed by atoms with van der Waals surface area (Å²) < 4.78 is 22.7. The monoisotopic (exact) mass is 595 g/mol. The number of ether oxygens (including phenoxy) is 1. The second-order valence-corrected chi connectivity index (χ2v) is 15.7. The van der Waals surface area contributed by atoms with Gasteiger partial charge in [-0.1, -0.05) is 40.0 Å². The van der Waals surface area contributed by atoms with E-state index in [1.807, 2.05) is 6.92 Å². The van der Waals surface area contributed by atoms with E-state index < -0.39 is 16.4 Å². The average Bonchev–Trinajstić information content (AvgIpc) is 3.62. The second kappa shape index (κ2) is 11.5. The normalized spacial score (nSPS) is 19.1. The van der Waals surface area contributed by atoms with Crippen LogP contribution in [-0.2, 0) is 33.2 Å². The van der Waals surface area contributed by atoms with Crippen LogP contribution in [0.25, 0.3) is 11.3 Å². The molecule has 1 aromatic carbocycles. The fraction of sp³-hybridized carbons (Fsp3) is 0.647. The van der Waals surface area contributed by atoms with Gasteiger partial charge in [-0.05, 0) is 88.0 Å². The third kappa shape index (κ3) is 6.20. The van der Waals surface area contributed by atoms with Gasteiger partial charge in [0.25, 0.3) is 5.91 Å². The molecule has 1 atom stereocenters. The Balaban J connectivity index is 1.54. The SMILES string of the molecule is Cc1c(C(=O)NCC(C)(C)C(=O)NS(C)=O)cc(-c2cc(C(C)(C)C)c3c(c2)C2(CCO3)CC2)n1CC1CCCCC1. The van der Waals surface area contributed by atoms with Gasteiger partial charge >= 0.3 is 0 Å². The summed E-state index contributed by atoms with van der Waals surface area (Å²) in [4.78, 5) is 26.3. The number of rotatable bonds is 8. The Kier molecular flexibility index (Phi) is 8.42. The summed E-state index contributed by atoms with van der Waals surface area (Å²) in [6.07, 6.45) is 11.2. The molecule has 2 aromatic rings. The molecule has 0 bridgehead atoms. The molecule has 2 aliphatic carbocycles. The highest BCUT2D eigenvalue weighted by atomic mass is 32.2. The smallest absolute Gasteiger partial charge is 0.253 e. The Labute approximate surface area is 254 Å². The molecule has 7 nitrogen and oxygen atoms in total. The highest BCUT2D eigenvalue weighted by Gasteiger charge is 2.49. The molecule has 5 rings (SSSR count). The van der Waals surface area contributed by atoms with E-state index in [1.54, 1.807) is 13.8 Å². The predicted molar refractivity (Wildman–Crippen MR) is 169 cm³/mol. The van der Waals surface area contributed by atoms with Crippen molar-refractivity contribution in [2.75, 3.05) is 19.4 Å². The molecule has 1 spiro atoms. The van der Waals surface area contributed by atoms with Crippen LogP contribution in [0, 0.1) is 18.3 Å². The number of nitrogens with zero attached hydrogens (tertiary/aromatic N) is 1. The number of amides is 2. The molecule has 42 heavy (non-hydrogen) atoms. The molecular formula is C34H49N3O4S. The first-order valence-corrected chi connectivity index (χ1v) is 17.2. The van der Waals surface area contributed by atoms with E-state index in [-0.39, 0.29) is 29.2 Å². The minimum absolute atomic E-state index is 0.0854. The van der Waals surface area contributed by atoms with E-state index in [4.69, 9.17) is 4.74 Å². The third-order valence-corrected chi connectivity index (χ3v) is 10.2. The van der Waals surface area contributed by atoms with Crippen molar-refractivity contribution in [3.8, 4) is 17.0 Å². The maximum Gasteiger partial charge on any atom is 0.253 e. The number of hydrogen-bond donors (Lipinski definition) is 2. The fourth-order valence-electron chi connectivity index (χ4n) is 6.76. The van der Waals surface area contributed by atoms with Crippen molar-refractivity contribution in [3.05, 3.63) is 40.6 Å². The number of carbonyl (C=O) groups is 2. The fourth-order valence-corrected chi connectivity index (χ4v) is 7.30. The second-order valence-electron chi connectivity index (χ2n) is 14.6. The first-order valence-electron chi connectivity index (χ1n) is 15.7. The van der Waals surface area contributed by atoms with Crippen LogP contribution in [0.15, 0.2) is 18.2 Å². The van der Waals surface area contributed by atoms with Gasteiger partial charge in [0, 0.05) is 47.3 Å². The molecule has 3 aliphatic rings. The van der Waals surface area contributed by atoms with Gasteiger partial charge in [-0.15, -0.1) is 0 Å². The summed E-state index contributed by atoms with van der Waals surface area (Å²) in [7, 11) is -1.46. The minimum Gasteiger partial charge on any atom is -0.493 e. The Bertz CT molecular complexity index is 1370. The van der Waals surface area contributed by atoms with Crippen molar-refractivity contribution in [2.24, 2.45) is 11.3 Å². The van der Waals surface area contributed by atoms with E-state index >= 15 is 0 Å². The number of benzene rings is 1. The van der Waals surface area contributed by atoms with E-state index in [9.17, 15) is 13.8 Å². The van der Waals surface area contributed by atoms with Crippen molar-refractivity contribution in [2.45, 2.75) is 110 Å². The van der Waals surface area contributed by atoms with Crippen molar-refractivity contribution < 1.29 is 18.5 Å². The van der Waals surface area contributed by atoms with Gasteiger partial charge in [0.15, 0.2) is 0 Å². The Morgan fingerprint density at radius 2 is 1.74 bits per heavy atom. The molecule has 0 saturated heterocycles. The van der Waals surface area contributed by atoms with Gasteiger partial charge in [-0.2, -0.15) is 0 Å². The van der Waals surface area contributed by atoms with Crippen LogP contribution in [-0.4, -0.2) is 40.0 Å². The molecule has 1 aliphatic heterocycles. The molecule has 2 N–H and O–H groups in total. The summed E-state index contributed by atoms with van der Waals surface area (Å²) in [6, 6.07) is 6.70. The Morgan fingerprint density at radius 1 is 1.05 bits per heavy atom. The van der Waals surface area contributed by atoms with E-state index in [0.717, 1.165) is 42.3 Å². The van der Waals surface area contributed by atoms with E-state index in [1.165, 1.54) is 62.3 Å². The first-order chi connectivity index (χ1) is 19.7. The highest BCUT2D eigenvalue weighted by molar-refractivity contribution is 7.82. The van der Waals surface area contributed by atoms with Crippen LogP contribution in [0.5, 0.6) is 5.75 Å². The lowest BCUT2D eigenvalue weighted by molar-refractivity contribution is -0.127. The average molecular weight is 596 g/mol. The van der Waals surface area contributed by atoms with Gasteiger partial charge in [0.2, 0.25) is 5.91 Å². The van der Waals surface area contributed by atoms with Crippen molar-refractivity contribution in [1.82, 2.24) is 14.6 Å². The maximum absolute atomic E-state index is 13.7. The molecule has 1 aromatic heterocycles. The van der Waals surface area contributed by atoms with Crippen LogP contribution in [0.4, 0.5) is 0 Å². The van der Waals surface area contributed by atoms with Gasteiger partial charge in [0.1, 0.15) is 16.7 Å². The summed E-state index contributed by atoms with van der Waals surface area (Å²) >= 11 is 0. The molecule has 0 radical (unpaired) electrons. The van der Waals surface area contributed by atoms with Crippen molar-refractivity contribution in [1.29, 1.82) is 0 Å². The first kappa shape index (κ1) is 30.8. The van der Waals surface area contributed by atoms with E-state index in [0.29, 0.717) is 11.5 Å². The Hall–Kier alpha value is -2.61. The van der Waals surface area contributed by atoms with Crippen LogP contribution < -0.4 is 14.8 Å². The molecule has 1 unspecified atom stereocenters. The zero-order chi connectivity index (χ0) is 30.4. The van der Waals surface area contributed by atoms with Gasteiger partial charge in [-0.25, -0.2) is 4.21 Å². The zero-order valence-electron chi connectivity index (χ0n) is 26.6. The lowest BCUT2D eigenvalue weighted by Crippen LogP contribution is -2.45. The molecule has 2 fully saturated rings. The Morgan fingerprint density at radius 3 is 2.36 bits per heavy atom. The molecular weight excluding hydrogens is 546 g/mol. The van der Waals surface area contributed by atoms with E-state index in [2.05, 4.69) is 53.6 Å². The number of carbonyl (C=O) groups excluding carboxylic acids is 2. The van der Waals surface area contributed by atoms with Crippen LogP contribution in [0.1, 0.15) is 113 Å². The summed E-state index contributed by atoms with van der Waals surface area (Å²) in [5.74, 6) is 1.13. The van der Waals surface area contributed by atoms with Gasteiger partial charge in [-0.3, -0.25) is 14.3 Å². The number of fused-ring (bicyclic) bond motifs is 2. The lowest BCUT2D eigenvalue weighted by atomic mass is 9.79. The van der Waals surface area contributed by atoms with Gasteiger partial charge in [0.05, 0.1) is 17.6 Å².